The van der Waals surface area contributed by atoms with E-state index in [1.807, 2.05) is 0 Å². The third kappa shape index (κ3) is 3.41. The summed E-state index contributed by atoms with van der Waals surface area (Å²) in [7, 11) is 0. The summed E-state index contributed by atoms with van der Waals surface area (Å²) in [4.78, 5) is 0. The van der Waals surface area contributed by atoms with Gasteiger partial charge >= 0.3 is 6.11 Å². The number of halogens is 4. The molecule has 1 atom stereocenters. The van der Waals surface area contributed by atoms with Gasteiger partial charge in [0.1, 0.15) is 0 Å². The molecule has 0 radical (unpaired) electrons. The monoisotopic (exact) mass is 220 g/mol. The van der Waals surface area contributed by atoms with Crippen LogP contribution in [0.4, 0.5) is 13.2 Å². The molecular formula is C5H8BrF3O. The highest BCUT2D eigenvalue weighted by atomic mass is 79.9. The molecule has 5 heteroatoms. The van der Waals surface area contributed by atoms with Crippen LogP contribution in [-0.2, 0) is 4.74 Å². The second kappa shape index (κ2) is 4.18. The average Bonchev–Trinajstić information content (AvgIpc) is 1.84. The maximum absolute atomic E-state index is 12.1. The van der Waals surface area contributed by atoms with E-state index in [4.69, 9.17) is 0 Å². The molecule has 0 aromatic heterocycles. The van der Waals surface area contributed by atoms with Crippen molar-refractivity contribution < 1.29 is 17.9 Å². The van der Waals surface area contributed by atoms with Crippen molar-refractivity contribution >= 4 is 15.9 Å². The summed E-state index contributed by atoms with van der Waals surface area (Å²) >= 11 is 2.08. The van der Waals surface area contributed by atoms with E-state index >= 15 is 0 Å². The van der Waals surface area contributed by atoms with Crippen molar-refractivity contribution in [2.45, 2.75) is 24.5 Å². The van der Waals surface area contributed by atoms with E-state index < -0.39 is 11.2 Å². The molecule has 0 N–H and O–H groups in total. The molecule has 0 saturated heterocycles. The van der Waals surface area contributed by atoms with E-state index in [0.29, 0.717) is 6.42 Å². The first kappa shape index (κ1) is 10.2. The molecule has 10 heavy (non-hydrogen) atoms. The minimum Gasteiger partial charge on any atom is -0.317 e. The van der Waals surface area contributed by atoms with Crippen molar-refractivity contribution in [3.63, 3.8) is 0 Å². The maximum Gasteiger partial charge on any atom is 0.396 e. The standard InChI is InChI=1S/C5H8BrF3O/c1-2-3-10-5(8,9)4(6)7/h4H,2-3H2,1H3. The summed E-state index contributed by atoms with van der Waals surface area (Å²) in [6.45, 7) is 1.52. The summed E-state index contributed by atoms with van der Waals surface area (Å²) in [5.41, 5.74) is 0. The van der Waals surface area contributed by atoms with Gasteiger partial charge in [0.05, 0.1) is 6.61 Å². The van der Waals surface area contributed by atoms with Crippen molar-refractivity contribution in [1.29, 1.82) is 0 Å². The third-order valence-corrected chi connectivity index (χ3v) is 1.29. The average molecular weight is 221 g/mol. The van der Waals surface area contributed by atoms with Crippen LogP contribution in [-0.4, -0.2) is 17.8 Å². The lowest BCUT2D eigenvalue weighted by atomic mass is 10.5. The molecule has 0 aromatic rings. The molecule has 0 heterocycles. The lowest BCUT2D eigenvalue weighted by Crippen LogP contribution is -2.29. The van der Waals surface area contributed by atoms with Gasteiger partial charge in [0.25, 0.3) is 0 Å². The molecule has 0 spiro atoms. The zero-order valence-corrected chi connectivity index (χ0v) is 7.00. The Kier molecular flexibility index (Phi) is 4.28. The summed E-state index contributed by atoms with van der Waals surface area (Å²) < 4.78 is 39.9. The Labute approximate surface area is 65.7 Å². The highest BCUT2D eigenvalue weighted by Crippen LogP contribution is 2.27. The molecule has 0 aliphatic heterocycles. The van der Waals surface area contributed by atoms with Crippen LogP contribution in [0.5, 0.6) is 0 Å². The summed E-state index contributed by atoms with van der Waals surface area (Å²) in [6, 6.07) is 0. The second-order valence-corrected chi connectivity index (χ2v) is 2.51. The molecular weight excluding hydrogens is 213 g/mol. The Morgan fingerprint density at radius 1 is 1.60 bits per heavy atom. The van der Waals surface area contributed by atoms with Gasteiger partial charge in [0.15, 0.2) is 0 Å². The van der Waals surface area contributed by atoms with Gasteiger partial charge in [0, 0.05) is 0 Å². The number of hydrogen-bond donors (Lipinski definition) is 0. The van der Waals surface area contributed by atoms with E-state index in [2.05, 4.69) is 20.7 Å². The fourth-order valence-electron chi connectivity index (χ4n) is 0.301. The van der Waals surface area contributed by atoms with Gasteiger partial charge in [-0.2, -0.15) is 8.78 Å². The maximum atomic E-state index is 12.1. The topological polar surface area (TPSA) is 9.23 Å². The molecule has 0 aromatic carbocycles. The zero-order chi connectivity index (χ0) is 8.20. The first-order valence-corrected chi connectivity index (χ1v) is 3.72. The van der Waals surface area contributed by atoms with E-state index in [-0.39, 0.29) is 6.61 Å². The predicted molar refractivity (Wildman–Crippen MR) is 35.0 cm³/mol. The molecule has 0 aliphatic carbocycles. The van der Waals surface area contributed by atoms with Crippen LogP contribution in [0, 0.1) is 0 Å². The normalized spacial score (nSPS) is 15.3. The number of ether oxygens (including phenoxy) is 1. The van der Waals surface area contributed by atoms with Crippen molar-refractivity contribution in [2.24, 2.45) is 0 Å². The van der Waals surface area contributed by atoms with E-state index in [1.165, 1.54) is 0 Å². The van der Waals surface area contributed by atoms with Crippen LogP contribution in [0.3, 0.4) is 0 Å². The Hall–Kier alpha value is 0.230. The molecule has 62 valence electrons. The van der Waals surface area contributed by atoms with E-state index in [1.54, 1.807) is 6.92 Å². The number of hydrogen-bond acceptors (Lipinski definition) is 1. The van der Waals surface area contributed by atoms with Crippen molar-refractivity contribution in [3.05, 3.63) is 0 Å². The SMILES string of the molecule is CCCOC(F)(F)C(F)Br. The Balaban J connectivity index is 3.63. The van der Waals surface area contributed by atoms with Crippen molar-refractivity contribution in [2.75, 3.05) is 6.61 Å². The largest absolute Gasteiger partial charge is 0.396 e. The second-order valence-electron chi connectivity index (χ2n) is 1.71. The summed E-state index contributed by atoms with van der Waals surface area (Å²) in [5, 5.41) is -2.42. The lowest BCUT2D eigenvalue weighted by molar-refractivity contribution is -0.253. The summed E-state index contributed by atoms with van der Waals surface area (Å²) in [6.07, 6.45) is -3.26. The predicted octanol–water partition coefficient (Wildman–Crippen LogP) is 2.70. The molecule has 0 rings (SSSR count). The van der Waals surface area contributed by atoms with Crippen LogP contribution in [0.2, 0.25) is 0 Å². The van der Waals surface area contributed by atoms with Gasteiger partial charge < -0.3 is 4.74 Å². The van der Waals surface area contributed by atoms with Crippen molar-refractivity contribution in [3.8, 4) is 0 Å². The van der Waals surface area contributed by atoms with Gasteiger partial charge in [-0.05, 0) is 22.4 Å². The Morgan fingerprint density at radius 2 is 2.10 bits per heavy atom. The highest BCUT2D eigenvalue weighted by Gasteiger charge is 2.39. The van der Waals surface area contributed by atoms with Gasteiger partial charge in [-0.3, -0.25) is 0 Å². The molecule has 1 unspecified atom stereocenters. The number of rotatable bonds is 4. The van der Waals surface area contributed by atoms with Crippen LogP contribution in [0.1, 0.15) is 13.3 Å². The third-order valence-electron chi connectivity index (χ3n) is 0.753. The van der Waals surface area contributed by atoms with E-state index in [0.717, 1.165) is 0 Å². The van der Waals surface area contributed by atoms with Crippen molar-refractivity contribution in [1.82, 2.24) is 0 Å². The summed E-state index contributed by atoms with van der Waals surface area (Å²) in [5.74, 6) is 0. The van der Waals surface area contributed by atoms with E-state index in [9.17, 15) is 13.2 Å². The molecule has 0 aliphatic rings. The van der Waals surface area contributed by atoms with Crippen LogP contribution >= 0.6 is 15.9 Å². The fourth-order valence-corrected chi connectivity index (χ4v) is 0.433. The first-order valence-electron chi connectivity index (χ1n) is 2.80. The van der Waals surface area contributed by atoms with Gasteiger partial charge in [-0.1, -0.05) is 6.92 Å². The minimum absolute atomic E-state index is 0.140. The van der Waals surface area contributed by atoms with Gasteiger partial charge in [-0.15, -0.1) is 0 Å². The molecule has 0 fully saturated rings. The van der Waals surface area contributed by atoms with Crippen LogP contribution in [0.15, 0.2) is 0 Å². The zero-order valence-electron chi connectivity index (χ0n) is 5.41. The number of alkyl halides is 4. The molecule has 0 amide bonds. The minimum atomic E-state index is -3.70. The molecule has 0 saturated carbocycles. The molecule has 1 nitrogen and oxygen atoms in total. The quantitative estimate of drug-likeness (QED) is 0.663. The van der Waals surface area contributed by atoms with Crippen LogP contribution in [0.25, 0.3) is 0 Å². The fraction of sp³-hybridized carbons (Fsp3) is 1.00. The lowest BCUT2D eigenvalue weighted by Gasteiger charge is -2.15. The van der Waals surface area contributed by atoms with Crippen LogP contribution < -0.4 is 0 Å². The smallest absolute Gasteiger partial charge is 0.317 e. The Morgan fingerprint density at radius 3 is 2.40 bits per heavy atom. The van der Waals surface area contributed by atoms with Gasteiger partial charge in [0.2, 0.25) is 5.08 Å². The Bertz CT molecular complexity index is 96.9. The molecule has 0 bridgehead atoms. The first-order chi connectivity index (χ1) is 4.50. The highest BCUT2D eigenvalue weighted by molar-refractivity contribution is 9.09. The van der Waals surface area contributed by atoms with Gasteiger partial charge in [-0.25, -0.2) is 4.39 Å².